The normalized spacial score (nSPS) is 23.6. The van der Waals surface area contributed by atoms with Crippen molar-refractivity contribution in [2.45, 2.75) is 19.0 Å². The predicted octanol–water partition coefficient (Wildman–Crippen LogP) is 1.58. The highest BCUT2D eigenvalue weighted by atomic mass is 19.1. The number of nitrogens with zero attached hydrogens (tertiary/aromatic N) is 1. The van der Waals surface area contributed by atoms with Crippen molar-refractivity contribution in [3.05, 3.63) is 35.6 Å². The summed E-state index contributed by atoms with van der Waals surface area (Å²) in [5.41, 5.74) is 0.531. The molecule has 1 aromatic rings. The standard InChI is InChI=1S/C15H21FN2O2/c1-10(11-6-4-5-7-13(11)16)18(3)15(19)12-8-20-9-14(12)17-2/h4-7,10,12,14,17H,8-9H2,1-3H3. The molecular formula is C15H21FN2O2. The molecule has 0 spiro atoms. The Morgan fingerprint density at radius 2 is 2.15 bits per heavy atom. The summed E-state index contributed by atoms with van der Waals surface area (Å²) in [6, 6.07) is 6.28. The van der Waals surface area contributed by atoms with Crippen molar-refractivity contribution in [3.8, 4) is 0 Å². The van der Waals surface area contributed by atoms with Crippen LogP contribution in [0.2, 0.25) is 0 Å². The molecule has 0 bridgehead atoms. The smallest absolute Gasteiger partial charge is 0.229 e. The number of hydrogen-bond donors (Lipinski definition) is 1. The number of carbonyl (C=O) groups excluding carboxylic acids is 1. The molecule has 1 N–H and O–H groups in total. The first kappa shape index (κ1) is 14.9. The third-order valence-corrected chi connectivity index (χ3v) is 4.05. The number of likely N-dealkylation sites (N-methyl/N-ethyl adjacent to an activating group) is 1. The van der Waals surface area contributed by atoms with E-state index in [4.69, 9.17) is 4.74 Å². The number of rotatable bonds is 4. The Kier molecular flexibility index (Phi) is 4.73. The van der Waals surface area contributed by atoms with Crippen LogP contribution in [0, 0.1) is 11.7 Å². The van der Waals surface area contributed by atoms with E-state index in [0.717, 1.165) is 0 Å². The van der Waals surface area contributed by atoms with Gasteiger partial charge in [-0.1, -0.05) is 18.2 Å². The molecule has 1 saturated heterocycles. The van der Waals surface area contributed by atoms with Gasteiger partial charge in [-0.05, 0) is 20.0 Å². The molecule has 3 atom stereocenters. The van der Waals surface area contributed by atoms with Gasteiger partial charge in [0.2, 0.25) is 5.91 Å². The summed E-state index contributed by atoms with van der Waals surface area (Å²) in [5.74, 6) is -0.510. The number of ether oxygens (including phenoxy) is 1. The van der Waals surface area contributed by atoms with E-state index >= 15 is 0 Å². The summed E-state index contributed by atoms with van der Waals surface area (Å²) in [7, 11) is 3.53. The summed E-state index contributed by atoms with van der Waals surface area (Å²) >= 11 is 0. The second-order valence-electron chi connectivity index (χ2n) is 5.19. The molecule has 1 amide bonds. The van der Waals surface area contributed by atoms with Crippen LogP contribution in [0.5, 0.6) is 0 Å². The minimum Gasteiger partial charge on any atom is -0.379 e. The van der Waals surface area contributed by atoms with Gasteiger partial charge in [-0.25, -0.2) is 4.39 Å². The minimum atomic E-state index is -0.304. The van der Waals surface area contributed by atoms with Crippen molar-refractivity contribution in [1.29, 1.82) is 0 Å². The van der Waals surface area contributed by atoms with Crippen LogP contribution in [0.3, 0.4) is 0 Å². The maximum atomic E-state index is 13.8. The number of halogens is 1. The van der Waals surface area contributed by atoms with E-state index in [2.05, 4.69) is 5.32 Å². The molecule has 1 heterocycles. The molecule has 1 aliphatic heterocycles. The van der Waals surface area contributed by atoms with E-state index in [1.807, 2.05) is 14.0 Å². The van der Waals surface area contributed by atoms with Gasteiger partial charge in [0.25, 0.3) is 0 Å². The maximum Gasteiger partial charge on any atom is 0.229 e. The Hall–Kier alpha value is -1.46. The highest BCUT2D eigenvalue weighted by molar-refractivity contribution is 5.80. The van der Waals surface area contributed by atoms with Crippen LogP contribution in [0.4, 0.5) is 4.39 Å². The number of amides is 1. The molecule has 4 nitrogen and oxygen atoms in total. The fourth-order valence-corrected chi connectivity index (χ4v) is 2.56. The second-order valence-corrected chi connectivity index (χ2v) is 5.19. The highest BCUT2D eigenvalue weighted by Crippen LogP contribution is 2.25. The van der Waals surface area contributed by atoms with E-state index in [1.165, 1.54) is 6.07 Å². The molecule has 1 aromatic carbocycles. The topological polar surface area (TPSA) is 41.6 Å². The lowest BCUT2D eigenvalue weighted by atomic mass is 10.00. The van der Waals surface area contributed by atoms with Gasteiger partial charge in [-0.15, -0.1) is 0 Å². The van der Waals surface area contributed by atoms with Gasteiger partial charge in [0, 0.05) is 18.7 Å². The third kappa shape index (κ3) is 2.83. The van der Waals surface area contributed by atoms with Crippen LogP contribution in [0.1, 0.15) is 18.5 Å². The van der Waals surface area contributed by atoms with Gasteiger partial charge in [0.05, 0.1) is 25.2 Å². The molecule has 3 unspecified atom stereocenters. The lowest BCUT2D eigenvalue weighted by molar-refractivity contribution is -0.136. The van der Waals surface area contributed by atoms with Crippen LogP contribution < -0.4 is 5.32 Å². The van der Waals surface area contributed by atoms with Gasteiger partial charge in [-0.3, -0.25) is 4.79 Å². The van der Waals surface area contributed by atoms with Crippen molar-refractivity contribution in [1.82, 2.24) is 10.2 Å². The van der Waals surface area contributed by atoms with Crippen molar-refractivity contribution < 1.29 is 13.9 Å². The maximum absolute atomic E-state index is 13.8. The minimum absolute atomic E-state index is 0.0161. The van der Waals surface area contributed by atoms with Gasteiger partial charge in [0.1, 0.15) is 5.82 Å². The first-order chi connectivity index (χ1) is 9.56. The molecule has 20 heavy (non-hydrogen) atoms. The fraction of sp³-hybridized carbons (Fsp3) is 0.533. The third-order valence-electron chi connectivity index (χ3n) is 4.05. The fourth-order valence-electron chi connectivity index (χ4n) is 2.56. The molecule has 1 aliphatic rings. The molecule has 0 aromatic heterocycles. The number of nitrogens with one attached hydrogen (secondary N) is 1. The number of benzene rings is 1. The predicted molar refractivity (Wildman–Crippen MR) is 74.7 cm³/mol. The van der Waals surface area contributed by atoms with Crippen LogP contribution in [0.15, 0.2) is 24.3 Å². The number of carbonyl (C=O) groups is 1. The van der Waals surface area contributed by atoms with E-state index in [0.29, 0.717) is 18.8 Å². The molecule has 0 saturated carbocycles. The quantitative estimate of drug-likeness (QED) is 0.910. The molecular weight excluding hydrogens is 259 g/mol. The van der Waals surface area contributed by atoms with Crippen molar-refractivity contribution >= 4 is 5.91 Å². The van der Waals surface area contributed by atoms with Gasteiger partial charge >= 0.3 is 0 Å². The molecule has 1 fully saturated rings. The van der Waals surface area contributed by atoms with Crippen molar-refractivity contribution in [2.75, 3.05) is 27.3 Å². The lowest BCUT2D eigenvalue weighted by Crippen LogP contribution is -2.44. The Morgan fingerprint density at radius 3 is 2.80 bits per heavy atom. The lowest BCUT2D eigenvalue weighted by Gasteiger charge is -2.29. The average Bonchev–Trinajstić information content (AvgIpc) is 2.94. The Bertz CT molecular complexity index is 481. The van der Waals surface area contributed by atoms with Crippen LogP contribution in [-0.4, -0.2) is 44.2 Å². The molecule has 110 valence electrons. The second kappa shape index (κ2) is 6.33. The Morgan fingerprint density at radius 1 is 1.45 bits per heavy atom. The highest BCUT2D eigenvalue weighted by Gasteiger charge is 2.36. The first-order valence-corrected chi connectivity index (χ1v) is 6.82. The zero-order valence-electron chi connectivity index (χ0n) is 12.1. The Labute approximate surface area is 118 Å². The zero-order valence-corrected chi connectivity index (χ0v) is 12.1. The van der Waals surface area contributed by atoms with E-state index in [1.54, 1.807) is 30.1 Å². The van der Waals surface area contributed by atoms with Gasteiger partial charge in [0.15, 0.2) is 0 Å². The summed E-state index contributed by atoms with van der Waals surface area (Å²) in [5, 5.41) is 3.09. The van der Waals surface area contributed by atoms with Crippen LogP contribution >= 0.6 is 0 Å². The van der Waals surface area contributed by atoms with E-state index in [-0.39, 0.29) is 29.7 Å². The average molecular weight is 280 g/mol. The largest absolute Gasteiger partial charge is 0.379 e. The molecule has 2 rings (SSSR count). The zero-order chi connectivity index (χ0) is 14.7. The van der Waals surface area contributed by atoms with Crippen molar-refractivity contribution in [2.24, 2.45) is 5.92 Å². The van der Waals surface area contributed by atoms with E-state index < -0.39 is 0 Å². The molecule has 5 heteroatoms. The first-order valence-electron chi connectivity index (χ1n) is 6.82. The summed E-state index contributed by atoms with van der Waals surface area (Å²) in [4.78, 5) is 14.1. The van der Waals surface area contributed by atoms with Crippen LogP contribution in [0.25, 0.3) is 0 Å². The SMILES string of the molecule is CNC1COCC1C(=O)N(C)C(C)c1ccccc1F. The monoisotopic (exact) mass is 280 g/mol. The van der Waals surface area contributed by atoms with Crippen LogP contribution in [-0.2, 0) is 9.53 Å². The van der Waals surface area contributed by atoms with Gasteiger partial charge in [-0.2, -0.15) is 0 Å². The summed E-state index contributed by atoms with van der Waals surface area (Å²) in [6.45, 7) is 2.79. The number of hydrogen-bond acceptors (Lipinski definition) is 3. The van der Waals surface area contributed by atoms with E-state index in [9.17, 15) is 9.18 Å². The Balaban J connectivity index is 2.12. The summed E-state index contributed by atoms with van der Waals surface area (Å²) in [6.07, 6.45) is 0. The van der Waals surface area contributed by atoms with Gasteiger partial charge < -0.3 is 15.0 Å². The summed E-state index contributed by atoms with van der Waals surface area (Å²) < 4.78 is 19.2. The molecule has 0 radical (unpaired) electrons. The molecule has 0 aliphatic carbocycles. The van der Waals surface area contributed by atoms with Crippen molar-refractivity contribution in [3.63, 3.8) is 0 Å².